The van der Waals surface area contributed by atoms with Gasteiger partial charge < -0.3 is 4.74 Å². The molecule has 170 valence electrons. The van der Waals surface area contributed by atoms with Gasteiger partial charge in [0.25, 0.3) is 5.56 Å². The van der Waals surface area contributed by atoms with E-state index in [4.69, 9.17) is 4.74 Å². The molecule has 0 N–H and O–H groups in total. The Bertz CT molecular complexity index is 1390. The van der Waals surface area contributed by atoms with E-state index in [1.165, 1.54) is 0 Å². The first-order valence-electron chi connectivity index (χ1n) is 11.1. The van der Waals surface area contributed by atoms with Crippen LogP contribution < -0.4 is 10.3 Å². The lowest BCUT2D eigenvalue weighted by Crippen LogP contribution is -2.32. The minimum atomic E-state index is -0.223. The second-order valence-electron chi connectivity index (χ2n) is 8.13. The van der Waals surface area contributed by atoms with E-state index in [1.54, 1.807) is 41.2 Å². The van der Waals surface area contributed by atoms with Crippen molar-refractivity contribution in [3.05, 3.63) is 101 Å². The molecule has 0 amide bonds. The lowest BCUT2D eigenvalue weighted by Gasteiger charge is -2.24. The van der Waals surface area contributed by atoms with E-state index in [0.717, 1.165) is 17.7 Å². The zero-order valence-electron chi connectivity index (χ0n) is 19.5. The minimum Gasteiger partial charge on any atom is -0.475 e. The summed E-state index contributed by atoms with van der Waals surface area (Å²) in [6, 6.07) is 24.3. The lowest BCUT2D eigenvalue weighted by molar-refractivity contribution is 0.0612. The molecule has 1 unspecified atom stereocenters. The Labute approximate surface area is 199 Å². The van der Waals surface area contributed by atoms with Crippen molar-refractivity contribution in [3.8, 4) is 39.9 Å². The van der Waals surface area contributed by atoms with E-state index in [-0.39, 0.29) is 11.8 Å². The molecule has 1 atom stereocenters. The second kappa shape index (κ2) is 10.2. The average Bonchev–Trinajstić information content (AvgIpc) is 2.88. The summed E-state index contributed by atoms with van der Waals surface area (Å²) in [6.07, 6.45) is 4.24. The van der Waals surface area contributed by atoms with Gasteiger partial charge in [-0.05, 0) is 56.9 Å². The number of pyridine rings is 2. The molecule has 0 saturated carbocycles. The van der Waals surface area contributed by atoms with E-state index in [9.17, 15) is 10.1 Å². The molecule has 34 heavy (non-hydrogen) atoms. The number of hydrogen-bond donors (Lipinski definition) is 0. The third-order valence-corrected chi connectivity index (χ3v) is 5.61. The highest BCUT2D eigenvalue weighted by Gasteiger charge is 2.16. The van der Waals surface area contributed by atoms with Crippen LogP contribution in [0, 0.1) is 11.3 Å². The van der Waals surface area contributed by atoms with Gasteiger partial charge in [0.2, 0.25) is 0 Å². The maximum Gasteiger partial charge on any atom is 0.263 e. The molecule has 2 aromatic carbocycles. The zero-order chi connectivity index (χ0) is 24.1. The van der Waals surface area contributed by atoms with Crippen LogP contribution in [0.3, 0.4) is 0 Å². The van der Waals surface area contributed by atoms with Crippen molar-refractivity contribution in [2.24, 2.45) is 0 Å². The van der Waals surface area contributed by atoms with Gasteiger partial charge in [-0.15, -0.1) is 0 Å². The normalized spacial score (nSPS) is 11.7. The summed E-state index contributed by atoms with van der Waals surface area (Å²) in [7, 11) is 3.94. The molecule has 0 spiro atoms. The molecule has 2 aromatic heterocycles. The Morgan fingerprint density at radius 1 is 1.03 bits per heavy atom. The number of nitriles is 1. The molecule has 4 rings (SSSR count). The summed E-state index contributed by atoms with van der Waals surface area (Å²) in [6.45, 7) is 2.06. The summed E-state index contributed by atoms with van der Waals surface area (Å²) < 4.78 is 7.74. The molecule has 6 heteroatoms. The average molecular weight is 451 g/mol. The van der Waals surface area contributed by atoms with Gasteiger partial charge in [0, 0.05) is 35.2 Å². The van der Waals surface area contributed by atoms with Gasteiger partial charge in [0.1, 0.15) is 5.75 Å². The molecule has 0 bridgehead atoms. The molecule has 2 heterocycles. The maximum absolute atomic E-state index is 13.7. The third-order valence-electron chi connectivity index (χ3n) is 5.61. The standard InChI is InChI=1S/C28H26N4O2/c1-4-27(31(2)3)34-23-12-9-11-22(17-23)32-19-21(26-14-7-8-15-30-26)16-25(28(32)33)24-13-6-5-10-20(24)18-29/h5-17,19,27H,4H2,1-3H3. The fraction of sp³-hybridized carbons (Fsp3) is 0.179. The van der Waals surface area contributed by atoms with Gasteiger partial charge in [0.15, 0.2) is 6.23 Å². The molecule has 0 saturated heterocycles. The van der Waals surface area contributed by atoms with Crippen LogP contribution in [0.2, 0.25) is 0 Å². The number of hydrogen-bond acceptors (Lipinski definition) is 5. The smallest absolute Gasteiger partial charge is 0.263 e. The molecule has 0 aliphatic carbocycles. The third kappa shape index (κ3) is 4.75. The van der Waals surface area contributed by atoms with Crippen molar-refractivity contribution in [2.75, 3.05) is 14.1 Å². The minimum absolute atomic E-state index is 0.0788. The van der Waals surface area contributed by atoms with E-state index >= 15 is 0 Å². The Hall–Kier alpha value is -4.21. The summed E-state index contributed by atoms with van der Waals surface area (Å²) in [5.74, 6) is 0.673. The fourth-order valence-corrected chi connectivity index (χ4v) is 3.87. The lowest BCUT2D eigenvalue weighted by atomic mass is 9.99. The van der Waals surface area contributed by atoms with Crippen LogP contribution in [-0.4, -0.2) is 34.8 Å². The maximum atomic E-state index is 13.7. The van der Waals surface area contributed by atoms with Crippen LogP contribution >= 0.6 is 0 Å². The SMILES string of the molecule is CCC(Oc1cccc(-n2cc(-c3ccccn3)cc(-c3ccccc3C#N)c2=O)c1)N(C)C. The Balaban J connectivity index is 1.91. The quantitative estimate of drug-likeness (QED) is 0.366. The monoisotopic (exact) mass is 450 g/mol. The predicted octanol–water partition coefficient (Wildman–Crippen LogP) is 5.11. The Morgan fingerprint density at radius 3 is 2.53 bits per heavy atom. The van der Waals surface area contributed by atoms with E-state index < -0.39 is 0 Å². The highest BCUT2D eigenvalue weighted by Crippen LogP contribution is 2.27. The summed E-state index contributed by atoms with van der Waals surface area (Å²) in [5.41, 5.74) is 3.42. The number of nitrogens with zero attached hydrogens (tertiary/aromatic N) is 4. The van der Waals surface area contributed by atoms with Crippen molar-refractivity contribution in [2.45, 2.75) is 19.6 Å². The number of ether oxygens (including phenoxy) is 1. The van der Waals surface area contributed by atoms with Gasteiger partial charge in [-0.25, -0.2) is 0 Å². The molecule has 6 nitrogen and oxygen atoms in total. The topological polar surface area (TPSA) is 71.1 Å². The highest BCUT2D eigenvalue weighted by atomic mass is 16.5. The van der Waals surface area contributed by atoms with Crippen molar-refractivity contribution < 1.29 is 4.74 Å². The van der Waals surface area contributed by atoms with Gasteiger partial charge in [-0.1, -0.05) is 37.3 Å². The zero-order valence-corrected chi connectivity index (χ0v) is 19.5. The number of aromatic nitrogens is 2. The number of rotatable bonds is 7. The second-order valence-corrected chi connectivity index (χ2v) is 8.13. The van der Waals surface area contributed by atoms with Crippen LogP contribution in [0.1, 0.15) is 18.9 Å². The van der Waals surface area contributed by atoms with Crippen molar-refractivity contribution in [1.82, 2.24) is 14.5 Å². The predicted molar refractivity (Wildman–Crippen MR) is 134 cm³/mol. The molecular formula is C28H26N4O2. The van der Waals surface area contributed by atoms with Crippen LogP contribution in [-0.2, 0) is 0 Å². The first-order chi connectivity index (χ1) is 16.5. The first kappa shape index (κ1) is 23.0. The molecule has 0 radical (unpaired) electrons. The Kier molecular flexibility index (Phi) is 6.86. The molecular weight excluding hydrogens is 424 g/mol. The van der Waals surface area contributed by atoms with Gasteiger partial charge >= 0.3 is 0 Å². The van der Waals surface area contributed by atoms with E-state index in [2.05, 4.69) is 18.0 Å². The first-order valence-corrected chi connectivity index (χ1v) is 11.1. The molecule has 0 aliphatic heterocycles. The Morgan fingerprint density at radius 2 is 1.82 bits per heavy atom. The van der Waals surface area contributed by atoms with Crippen molar-refractivity contribution >= 4 is 0 Å². The van der Waals surface area contributed by atoms with Gasteiger partial charge in [-0.2, -0.15) is 5.26 Å². The molecule has 0 fully saturated rings. The highest BCUT2D eigenvalue weighted by molar-refractivity contribution is 5.74. The van der Waals surface area contributed by atoms with Crippen molar-refractivity contribution in [3.63, 3.8) is 0 Å². The van der Waals surface area contributed by atoms with Gasteiger partial charge in [-0.3, -0.25) is 19.2 Å². The fourth-order valence-electron chi connectivity index (χ4n) is 3.87. The molecule has 0 aliphatic rings. The largest absolute Gasteiger partial charge is 0.475 e. The van der Waals surface area contributed by atoms with Crippen LogP contribution in [0.4, 0.5) is 0 Å². The van der Waals surface area contributed by atoms with E-state index in [0.29, 0.717) is 28.1 Å². The summed E-state index contributed by atoms with van der Waals surface area (Å²) in [4.78, 5) is 20.2. The number of benzene rings is 2. The summed E-state index contributed by atoms with van der Waals surface area (Å²) in [5, 5.41) is 9.64. The van der Waals surface area contributed by atoms with Crippen LogP contribution in [0.5, 0.6) is 5.75 Å². The van der Waals surface area contributed by atoms with E-state index in [1.807, 2.05) is 67.5 Å². The van der Waals surface area contributed by atoms with Gasteiger partial charge in [0.05, 0.1) is 23.0 Å². The summed E-state index contributed by atoms with van der Waals surface area (Å²) >= 11 is 0. The van der Waals surface area contributed by atoms with Crippen LogP contribution in [0.15, 0.2) is 90.0 Å². The van der Waals surface area contributed by atoms with Crippen molar-refractivity contribution in [1.29, 1.82) is 5.26 Å². The van der Waals surface area contributed by atoms with Crippen LogP contribution in [0.25, 0.3) is 28.1 Å². The molecule has 4 aromatic rings.